The minimum Gasteiger partial charge on any atom is -0.481 e. The zero-order valence-corrected chi connectivity index (χ0v) is 13.1. The number of carboxylic acids is 1. The van der Waals surface area contributed by atoms with Gasteiger partial charge in [-0.15, -0.1) is 0 Å². The van der Waals surface area contributed by atoms with Crippen molar-refractivity contribution < 1.29 is 14.7 Å². The largest absolute Gasteiger partial charge is 0.481 e. The lowest BCUT2D eigenvalue weighted by atomic mass is 9.76. The Hall–Kier alpha value is -1.06. The predicted molar refractivity (Wildman–Crippen MR) is 79.4 cm³/mol. The maximum atomic E-state index is 11.9. The van der Waals surface area contributed by atoms with Crippen molar-refractivity contribution in [2.75, 3.05) is 6.54 Å². The van der Waals surface area contributed by atoms with Gasteiger partial charge in [0.2, 0.25) is 5.91 Å². The van der Waals surface area contributed by atoms with Crippen LogP contribution >= 0.6 is 0 Å². The molecule has 0 aromatic rings. The standard InChI is InChI=1S/C16H29NO3/c1-12(2)16(3,15(19)20)11-14(18)17-10-9-13-7-5-4-6-8-13/h12-13H,4-11H2,1-3H3,(H,17,18)(H,19,20). The van der Waals surface area contributed by atoms with Crippen LogP contribution in [0.5, 0.6) is 0 Å². The van der Waals surface area contributed by atoms with E-state index in [2.05, 4.69) is 5.32 Å². The smallest absolute Gasteiger partial charge is 0.310 e. The van der Waals surface area contributed by atoms with E-state index in [1.165, 1.54) is 32.1 Å². The van der Waals surface area contributed by atoms with Gasteiger partial charge in [0.15, 0.2) is 0 Å². The van der Waals surface area contributed by atoms with Crippen LogP contribution in [-0.4, -0.2) is 23.5 Å². The number of carbonyl (C=O) groups is 2. The number of aliphatic carboxylic acids is 1. The summed E-state index contributed by atoms with van der Waals surface area (Å²) >= 11 is 0. The molecule has 0 saturated heterocycles. The van der Waals surface area contributed by atoms with Gasteiger partial charge in [-0.2, -0.15) is 0 Å². The fourth-order valence-corrected chi connectivity index (χ4v) is 2.81. The van der Waals surface area contributed by atoms with Crippen LogP contribution in [0, 0.1) is 17.3 Å². The molecule has 0 aromatic heterocycles. The molecule has 1 amide bonds. The van der Waals surface area contributed by atoms with Gasteiger partial charge >= 0.3 is 5.97 Å². The molecule has 1 atom stereocenters. The van der Waals surface area contributed by atoms with Crippen molar-refractivity contribution in [3.05, 3.63) is 0 Å². The normalized spacial score (nSPS) is 19.6. The van der Waals surface area contributed by atoms with Gasteiger partial charge < -0.3 is 10.4 Å². The van der Waals surface area contributed by atoms with Crippen LogP contribution < -0.4 is 5.32 Å². The molecule has 0 spiro atoms. The maximum absolute atomic E-state index is 11.9. The first kappa shape index (κ1) is 17.0. The lowest BCUT2D eigenvalue weighted by Crippen LogP contribution is -2.39. The molecule has 1 unspecified atom stereocenters. The predicted octanol–water partition coefficient (Wildman–Crippen LogP) is 3.21. The molecular formula is C16H29NO3. The molecule has 1 aliphatic rings. The van der Waals surface area contributed by atoms with E-state index in [9.17, 15) is 14.7 Å². The second-order valence-corrected chi connectivity index (χ2v) is 6.70. The van der Waals surface area contributed by atoms with Gasteiger partial charge in [0.25, 0.3) is 0 Å². The van der Waals surface area contributed by atoms with E-state index >= 15 is 0 Å². The monoisotopic (exact) mass is 283 g/mol. The molecule has 1 fully saturated rings. The van der Waals surface area contributed by atoms with E-state index < -0.39 is 11.4 Å². The van der Waals surface area contributed by atoms with Crippen LogP contribution in [0.2, 0.25) is 0 Å². The van der Waals surface area contributed by atoms with Crippen molar-refractivity contribution in [3.63, 3.8) is 0 Å². The van der Waals surface area contributed by atoms with E-state index in [0.29, 0.717) is 6.54 Å². The molecule has 2 N–H and O–H groups in total. The third-order valence-electron chi connectivity index (χ3n) is 4.89. The first-order valence-electron chi connectivity index (χ1n) is 7.86. The lowest BCUT2D eigenvalue weighted by Gasteiger charge is -2.28. The third-order valence-corrected chi connectivity index (χ3v) is 4.89. The zero-order chi connectivity index (χ0) is 15.2. The van der Waals surface area contributed by atoms with E-state index in [0.717, 1.165) is 12.3 Å². The van der Waals surface area contributed by atoms with Crippen molar-refractivity contribution in [2.24, 2.45) is 17.3 Å². The lowest BCUT2D eigenvalue weighted by molar-refractivity contribution is -0.153. The number of carboxylic acid groups (broad SMARTS) is 1. The molecule has 0 heterocycles. The average Bonchev–Trinajstić information content (AvgIpc) is 2.39. The Labute approximate surface area is 122 Å². The Balaban J connectivity index is 2.33. The van der Waals surface area contributed by atoms with Crippen molar-refractivity contribution in [1.82, 2.24) is 5.32 Å². The van der Waals surface area contributed by atoms with Crippen molar-refractivity contribution in [3.8, 4) is 0 Å². The summed E-state index contributed by atoms with van der Waals surface area (Å²) in [6.07, 6.45) is 7.59. The fourth-order valence-electron chi connectivity index (χ4n) is 2.81. The molecular weight excluding hydrogens is 254 g/mol. The summed E-state index contributed by atoms with van der Waals surface area (Å²) in [5.74, 6) is -0.363. The van der Waals surface area contributed by atoms with Gasteiger partial charge in [0, 0.05) is 13.0 Å². The van der Waals surface area contributed by atoms with Gasteiger partial charge in [-0.1, -0.05) is 46.0 Å². The Bertz CT molecular complexity index is 335. The molecule has 1 aliphatic carbocycles. The second-order valence-electron chi connectivity index (χ2n) is 6.70. The summed E-state index contributed by atoms with van der Waals surface area (Å²) in [6.45, 7) is 6.03. The molecule has 20 heavy (non-hydrogen) atoms. The quantitative estimate of drug-likeness (QED) is 0.754. The maximum Gasteiger partial charge on any atom is 0.310 e. The topological polar surface area (TPSA) is 66.4 Å². The first-order chi connectivity index (χ1) is 9.36. The summed E-state index contributed by atoms with van der Waals surface area (Å²) in [5.41, 5.74) is -0.977. The fraction of sp³-hybridized carbons (Fsp3) is 0.875. The van der Waals surface area contributed by atoms with Gasteiger partial charge in [-0.25, -0.2) is 0 Å². The molecule has 0 radical (unpaired) electrons. The average molecular weight is 283 g/mol. The molecule has 116 valence electrons. The Morgan fingerprint density at radius 2 is 1.85 bits per heavy atom. The number of carbonyl (C=O) groups excluding carboxylic acids is 1. The number of rotatable bonds is 7. The Kier molecular flexibility index (Phi) is 6.50. The number of nitrogens with one attached hydrogen (secondary N) is 1. The van der Waals surface area contributed by atoms with Crippen LogP contribution in [0.25, 0.3) is 0 Å². The zero-order valence-electron chi connectivity index (χ0n) is 13.1. The minimum atomic E-state index is -0.977. The molecule has 4 heteroatoms. The van der Waals surface area contributed by atoms with Crippen molar-refractivity contribution >= 4 is 11.9 Å². The number of amides is 1. The van der Waals surface area contributed by atoms with Gasteiger partial charge in [-0.3, -0.25) is 9.59 Å². The Morgan fingerprint density at radius 3 is 2.35 bits per heavy atom. The minimum absolute atomic E-state index is 0.0602. The molecule has 0 aromatic carbocycles. The van der Waals surface area contributed by atoms with Crippen LogP contribution in [0.3, 0.4) is 0 Å². The van der Waals surface area contributed by atoms with E-state index in [1.807, 2.05) is 13.8 Å². The van der Waals surface area contributed by atoms with E-state index in [4.69, 9.17) is 0 Å². The van der Waals surface area contributed by atoms with E-state index in [-0.39, 0.29) is 18.2 Å². The summed E-state index contributed by atoms with van der Waals surface area (Å²) < 4.78 is 0. The van der Waals surface area contributed by atoms with Gasteiger partial charge in [0.1, 0.15) is 0 Å². The van der Waals surface area contributed by atoms with E-state index in [1.54, 1.807) is 6.92 Å². The van der Waals surface area contributed by atoms with Crippen LogP contribution in [-0.2, 0) is 9.59 Å². The van der Waals surface area contributed by atoms with Gasteiger partial charge in [-0.05, 0) is 25.2 Å². The second kappa shape index (κ2) is 7.65. The van der Waals surface area contributed by atoms with Crippen LogP contribution in [0.15, 0.2) is 0 Å². The highest BCUT2D eigenvalue weighted by atomic mass is 16.4. The number of hydrogen-bond acceptors (Lipinski definition) is 2. The first-order valence-corrected chi connectivity index (χ1v) is 7.86. The summed E-state index contributed by atoms with van der Waals surface area (Å²) in [6, 6.07) is 0. The Morgan fingerprint density at radius 1 is 1.25 bits per heavy atom. The summed E-state index contributed by atoms with van der Waals surface area (Å²) in [7, 11) is 0. The molecule has 4 nitrogen and oxygen atoms in total. The van der Waals surface area contributed by atoms with Crippen LogP contribution in [0.4, 0.5) is 0 Å². The summed E-state index contributed by atoms with van der Waals surface area (Å²) in [4.78, 5) is 23.3. The third kappa shape index (κ3) is 4.80. The number of hydrogen-bond donors (Lipinski definition) is 2. The highest BCUT2D eigenvalue weighted by Crippen LogP contribution is 2.31. The molecule has 1 rings (SSSR count). The van der Waals surface area contributed by atoms with Gasteiger partial charge in [0.05, 0.1) is 5.41 Å². The SMILES string of the molecule is CC(C)C(C)(CC(=O)NCCC1CCCCC1)C(=O)O. The summed E-state index contributed by atoms with van der Waals surface area (Å²) in [5, 5.41) is 12.2. The van der Waals surface area contributed by atoms with Crippen molar-refractivity contribution in [1.29, 1.82) is 0 Å². The molecule has 1 saturated carbocycles. The molecule has 0 aliphatic heterocycles. The highest BCUT2D eigenvalue weighted by molar-refractivity contribution is 5.84. The van der Waals surface area contributed by atoms with Crippen molar-refractivity contribution in [2.45, 2.75) is 65.7 Å². The highest BCUT2D eigenvalue weighted by Gasteiger charge is 2.38. The molecule has 0 bridgehead atoms. The van der Waals surface area contributed by atoms with Crippen LogP contribution in [0.1, 0.15) is 65.7 Å².